The number of rotatable bonds is 4. The SMILES string of the molecule is Cc1cc(C(=O)N2C[C@H]3C[C@@H](C2)[C@H](CCC(C)C)N2CCCC[C@@H]32)cc(=O)[nH]1.O=CO.O=CO. The Morgan fingerprint density at radius 2 is 1.79 bits per heavy atom. The summed E-state index contributed by atoms with van der Waals surface area (Å²) in [5, 5.41) is 13.8. The maximum Gasteiger partial charge on any atom is 0.290 e. The first-order valence-corrected chi connectivity index (χ1v) is 12.2. The first kappa shape index (κ1) is 27.6. The van der Waals surface area contributed by atoms with Crippen molar-refractivity contribution in [2.75, 3.05) is 19.6 Å². The molecule has 4 atom stereocenters. The molecule has 9 nitrogen and oxygen atoms in total. The fraction of sp³-hybridized carbons (Fsp3) is 0.680. The van der Waals surface area contributed by atoms with Crippen LogP contribution in [-0.2, 0) is 9.59 Å². The Bertz CT molecular complexity index is 864. The molecule has 1 aromatic heterocycles. The van der Waals surface area contributed by atoms with Crippen molar-refractivity contribution < 1.29 is 24.6 Å². The Kier molecular flexibility index (Phi) is 10.8. The summed E-state index contributed by atoms with van der Waals surface area (Å²) in [6, 6.07) is 4.53. The second-order valence-electron chi connectivity index (χ2n) is 9.93. The van der Waals surface area contributed by atoms with E-state index < -0.39 is 0 Å². The van der Waals surface area contributed by atoms with E-state index in [0.717, 1.165) is 24.7 Å². The van der Waals surface area contributed by atoms with Gasteiger partial charge in [-0.2, -0.15) is 0 Å². The molecule has 3 aliphatic heterocycles. The van der Waals surface area contributed by atoms with E-state index in [4.69, 9.17) is 19.8 Å². The number of H-pyrrole nitrogens is 1. The lowest BCUT2D eigenvalue weighted by Gasteiger charge is -2.57. The van der Waals surface area contributed by atoms with E-state index in [0.29, 0.717) is 29.5 Å². The molecule has 3 saturated heterocycles. The summed E-state index contributed by atoms with van der Waals surface area (Å²) in [7, 11) is 0. The molecule has 34 heavy (non-hydrogen) atoms. The van der Waals surface area contributed by atoms with E-state index in [-0.39, 0.29) is 24.4 Å². The molecule has 3 fully saturated rings. The van der Waals surface area contributed by atoms with Crippen molar-refractivity contribution in [2.24, 2.45) is 17.8 Å². The Balaban J connectivity index is 0.000000618. The van der Waals surface area contributed by atoms with Crippen LogP contribution in [0.1, 0.15) is 68.4 Å². The Morgan fingerprint density at radius 1 is 1.15 bits per heavy atom. The molecule has 190 valence electrons. The number of fused-ring (bicyclic) bond motifs is 4. The average molecular weight is 478 g/mol. The molecule has 3 N–H and O–H groups in total. The quantitative estimate of drug-likeness (QED) is 0.568. The fourth-order valence-corrected chi connectivity index (χ4v) is 5.96. The monoisotopic (exact) mass is 477 g/mol. The van der Waals surface area contributed by atoms with Crippen LogP contribution in [0.25, 0.3) is 0 Å². The molecule has 0 saturated carbocycles. The predicted octanol–water partition coefficient (Wildman–Crippen LogP) is 2.84. The zero-order chi connectivity index (χ0) is 25.3. The number of likely N-dealkylation sites (tertiary alicyclic amines) is 1. The molecule has 2 bridgehead atoms. The topological polar surface area (TPSA) is 131 Å². The van der Waals surface area contributed by atoms with Crippen LogP contribution in [-0.4, -0.2) is 75.6 Å². The highest BCUT2D eigenvalue weighted by Gasteiger charge is 2.47. The highest BCUT2D eigenvalue weighted by molar-refractivity contribution is 5.94. The van der Waals surface area contributed by atoms with Gasteiger partial charge in [-0.15, -0.1) is 0 Å². The highest BCUT2D eigenvalue weighted by Crippen LogP contribution is 2.43. The number of aromatic nitrogens is 1. The van der Waals surface area contributed by atoms with E-state index in [2.05, 4.69) is 28.6 Å². The van der Waals surface area contributed by atoms with Gasteiger partial charge in [-0.3, -0.25) is 24.1 Å². The van der Waals surface area contributed by atoms with Gasteiger partial charge in [0.05, 0.1) is 0 Å². The molecule has 4 heterocycles. The molecule has 0 aliphatic carbocycles. The van der Waals surface area contributed by atoms with Crippen LogP contribution in [0.2, 0.25) is 0 Å². The van der Waals surface area contributed by atoms with Gasteiger partial charge < -0.3 is 20.1 Å². The summed E-state index contributed by atoms with van der Waals surface area (Å²) in [4.78, 5) is 49.4. The zero-order valence-electron chi connectivity index (χ0n) is 20.5. The number of pyridine rings is 1. The number of carbonyl (C=O) groups is 3. The summed E-state index contributed by atoms with van der Waals surface area (Å²) in [6.07, 6.45) is 7.70. The Hall–Kier alpha value is -2.68. The number of carboxylic acid groups (broad SMARTS) is 2. The first-order chi connectivity index (χ1) is 16.2. The minimum atomic E-state index is -0.250. The Labute approximate surface area is 201 Å². The second kappa shape index (κ2) is 13.3. The maximum atomic E-state index is 13.2. The van der Waals surface area contributed by atoms with Crippen molar-refractivity contribution >= 4 is 18.9 Å². The molecular weight excluding hydrogens is 438 g/mol. The summed E-state index contributed by atoms with van der Waals surface area (Å²) in [5.74, 6) is 1.91. The molecule has 0 spiro atoms. The molecule has 9 heteroatoms. The van der Waals surface area contributed by atoms with Crippen LogP contribution in [0.3, 0.4) is 0 Å². The fourth-order valence-electron chi connectivity index (χ4n) is 5.96. The van der Waals surface area contributed by atoms with E-state index in [1.165, 1.54) is 51.1 Å². The first-order valence-electron chi connectivity index (χ1n) is 12.2. The smallest absolute Gasteiger partial charge is 0.290 e. The lowest BCUT2D eigenvalue weighted by atomic mass is 9.71. The summed E-state index contributed by atoms with van der Waals surface area (Å²) in [5.41, 5.74) is 1.11. The van der Waals surface area contributed by atoms with Crippen LogP contribution >= 0.6 is 0 Å². The second-order valence-corrected chi connectivity index (χ2v) is 9.93. The number of aryl methyl sites for hydroxylation is 1. The number of amides is 1. The highest BCUT2D eigenvalue weighted by atomic mass is 16.3. The lowest BCUT2D eigenvalue weighted by Crippen LogP contribution is -2.64. The van der Waals surface area contributed by atoms with Crippen molar-refractivity contribution in [3.63, 3.8) is 0 Å². The van der Waals surface area contributed by atoms with Crippen molar-refractivity contribution in [3.05, 3.63) is 33.7 Å². The molecule has 1 aromatic rings. The third-order valence-electron chi connectivity index (χ3n) is 7.17. The van der Waals surface area contributed by atoms with Gasteiger partial charge in [0.2, 0.25) is 5.56 Å². The van der Waals surface area contributed by atoms with Crippen LogP contribution in [0.5, 0.6) is 0 Å². The molecule has 0 unspecified atom stereocenters. The van der Waals surface area contributed by atoms with Crippen molar-refractivity contribution in [2.45, 2.75) is 71.4 Å². The van der Waals surface area contributed by atoms with E-state index >= 15 is 0 Å². The van der Waals surface area contributed by atoms with Crippen LogP contribution in [0, 0.1) is 24.7 Å². The third-order valence-corrected chi connectivity index (χ3v) is 7.17. The van der Waals surface area contributed by atoms with Gasteiger partial charge in [0.25, 0.3) is 18.9 Å². The van der Waals surface area contributed by atoms with Crippen molar-refractivity contribution in [3.8, 4) is 0 Å². The number of piperidine rings is 3. The molecule has 3 aliphatic rings. The normalized spacial score (nSPS) is 25.7. The lowest BCUT2D eigenvalue weighted by molar-refractivity contribution is -0.123. The van der Waals surface area contributed by atoms with Gasteiger partial charge >= 0.3 is 0 Å². The van der Waals surface area contributed by atoms with Crippen molar-refractivity contribution in [1.29, 1.82) is 0 Å². The average Bonchev–Trinajstić information content (AvgIpc) is 2.78. The summed E-state index contributed by atoms with van der Waals surface area (Å²) < 4.78 is 0. The molecular formula is C25H39N3O6. The number of carbonyl (C=O) groups excluding carboxylic acids is 1. The van der Waals surface area contributed by atoms with Crippen LogP contribution in [0.15, 0.2) is 16.9 Å². The van der Waals surface area contributed by atoms with Crippen LogP contribution < -0.4 is 5.56 Å². The van der Waals surface area contributed by atoms with Crippen molar-refractivity contribution in [1.82, 2.24) is 14.8 Å². The van der Waals surface area contributed by atoms with E-state index in [1.807, 2.05) is 13.0 Å². The van der Waals surface area contributed by atoms with Gasteiger partial charge in [0.1, 0.15) is 0 Å². The number of hydrogen-bond donors (Lipinski definition) is 3. The van der Waals surface area contributed by atoms with Crippen LogP contribution in [0.4, 0.5) is 0 Å². The van der Waals surface area contributed by atoms with Gasteiger partial charge in [0, 0.05) is 42.5 Å². The number of nitrogens with one attached hydrogen (secondary N) is 1. The largest absolute Gasteiger partial charge is 0.483 e. The van der Waals surface area contributed by atoms with Gasteiger partial charge in [-0.1, -0.05) is 20.3 Å². The molecule has 1 amide bonds. The third kappa shape index (κ3) is 7.16. The molecule has 0 aromatic carbocycles. The predicted molar refractivity (Wildman–Crippen MR) is 129 cm³/mol. The number of nitrogens with zero attached hydrogens (tertiary/aromatic N) is 2. The minimum absolute atomic E-state index is 0.0377. The van der Waals surface area contributed by atoms with Gasteiger partial charge in [-0.25, -0.2) is 0 Å². The summed E-state index contributed by atoms with van der Waals surface area (Å²) >= 11 is 0. The molecule has 0 radical (unpaired) electrons. The zero-order valence-corrected chi connectivity index (χ0v) is 20.5. The number of aromatic amines is 1. The van der Waals surface area contributed by atoms with Gasteiger partial charge in [0.15, 0.2) is 0 Å². The summed E-state index contributed by atoms with van der Waals surface area (Å²) in [6.45, 7) is 8.88. The number of hydrogen-bond acceptors (Lipinski definition) is 5. The van der Waals surface area contributed by atoms with Gasteiger partial charge in [-0.05, 0) is 69.4 Å². The minimum Gasteiger partial charge on any atom is -0.483 e. The van der Waals surface area contributed by atoms with E-state index in [1.54, 1.807) is 0 Å². The standard InChI is InChI=1S/C23H35N3O2.2CH2O2/c1-15(2)7-8-21-19-11-18(20-6-4-5-9-26(20)21)13-25(14-19)23(28)17-10-16(3)24-22(27)12-17;2*2-1-3/h10,12,15,18-21H,4-9,11,13-14H2,1-3H3,(H,24,27);2*1H,(H,2,3)/t18-,19+,20+,21+;;/m1../s1. The maximum absolute atomic E-state index is 13.2. The Morgan fingerprint density at radius 3 is 2.41 bits per heavy atom. The van der Waals surface area contributed by atoms with E-state index in [9.17, 15) is 9.59 Å². The molecule has 4 rings (SSSR count).